The van der Waals surface area contributed by atoms with E-state index in [1.807, 2.05) is 30.3 Å². The van der Waals surface area contributed by atoms with Gasteiger partial charge < -0.3 is 10.2 Å². The lowest BCUT2D eigenvalue weighted by molar-refractivity contribution is -0.128. The molecule has 0 unspecified atom stereocenters. The summed E-state index contributed by atoms with van der Waals surface area (Å²) >= 11 is 0. The second-order valence-corrected chi connectivity index (χ2v) is 8.19. The highest BCUT2D eigenvalue weighted by atomic mass is 32.2. The van der Waals surface area contributed by atoms with Gasteiger partial charge in [0.25, 0.3) is 0 Å². The van der Waals surface area contributed by atoms with E-state index in [0.717, 1.165) is 50.2 Å². The highest BCUT2D eigenvalue weighted by molar-refractivity contribution is 7.85. The lowest BCUT2D eigenvalue weighted by Crippen LogP contribution is -2.47. The largest absolute Gasteiger partial charge is 0.353 e. The highest BCUT2D eigenvalue weighted by Crippen LogP contribution is 2.26. The van der Waals surface area contributed by atoms with Gasteiger partial charge in [-0.25, -0.2) is 0 Å². The number of amides is 1. The first-order valence-electron chi connectivity index (χ1n) is 8.68. The van der Waals surface area contributed by atoms with E-state index in [9.17, 15) is 9.00 Å². The standard InChI is InChI=1S/C18H26N2O2S/c21-18(15-5-4-6-15)19-16-9-11-20(12-10-16)13-14-23(22)17-7-2-1-3-8-17/h1-3,7-8,15-16H,4-6,9-14H2,(H,19,21)/t23-/m1/s1. The van der Waals surface area contributed by atoms with Crippen LogP contribution < -0.4 is 5.32 Å². The van der Waals surface area contributed by atoms with Crippen molar-refractivity contribution in [2.24, 2.45) is 5.92 Å². The van der Waals surface area contributed by atoms with E-state index in [1.54, 1.807) is 0 Å². The van der Waals surface area contributed by atoms with Gasteiger partial charge >= 0.3 is 0 Å². The Morgan fingerprint density at radius 3 is 2.43 bits per heavy atom. The Balaban J connectivity index is 1.36. The van der Waals surface area contributed by atoms with E-state index < -0.39 is 10.8 Å². The Kier molecular flexibility index (Phi) is 5.84. The van der Waals surface area contributed by atoms with Crippen LogP contribution in [0.25, 0.3) is 0 Å². The van der Waals surface area contributed by atoms with Crippen molar-refractivity contribution >= 4 is 16.7 Å². The molecule has 1 N–H and O–H groups in total. The minimum absolute atomic E-state index is 0.264. The number of carbonyl (C=O) groups excluding carboxylic acids is 1. The molecule has 126 valence electrons. The maximum atomic E-state index is 12.2. The number of carbonyl (C=O) groups is 1. The molecular weight excluding hydrogens is 308 g/mol. The number of piperidine rings is 1. The summed E-state index contributed by atoms with van der Waals surface area (Å²) in [6.45, 7) is 2.84. The van der Waals surface area contributed by atoms with E-state index in [2.05, 4.69) is 10.2 Å². The molecule has 0 bridgehead atoms. The summed E-state index contributed by atoms with van der Waals surface area (Å²) in [5.41, 5.74) is 0. The third-order valence-electron chi connectivity index (χ3n) is 5.01. The van der Waals surface area contributed by atoms with E-state index >= 15 is 0 Å². The zero-order chi connectivity index (χ0) is 16.1. The monoisotopic (exact) mass is 334 g/mol. The van der Waals surface area contributed by atoms with Crippen molar-refractivity contribution < 1.29 is 9.00 Å². The number of rotatable bonds is 6. The minimum Gasteiger partial charge on any atom is -0.353 e. The maximum absolute atomic E-state index is 12.2. The summed E-state index contributed by atoms with van der Waals surface area (Å²) in [6.07, 6.45) is 5.36. The molecule has 2 aliphatic rings. The second-order valence-electron chi connectivity index (χ2n) is 6.62. The first kappa shape index (κ1) is 16.7. The topological polar surface area (TPSA) is 49.4 Å². The SMILES string of the molecule is O=C(NC1CCN(CC[S@@](=O)c2ccccc2)CC1)C1CCC1. The van der Waals surface area contributed by atoms with Gasteiger partial charge in [0.2, 0.25) is 5.91 Å². The highest BCUT2D eigenvalue weighted by Gasteiger charge is 2.28. The molecule has 1 amide bonds. The molecule has 1 aromatic rings. The molecule has 3 rings (SSSR count). The van der Waals surface area contributed by atoms with Crippen LogP contribution in [0.5, 0.6) is 0 Å². The average molecular weight is 334 g/mol. The normalized spacial score (nSPS) is 21.6. The molecule has 4 nitrogen and oxygen atoms in total. The average Bonchev–Trinajstić information content (AvgIpc) is 2.53. The van der Waals surface area contributed by atoms with Crippen LogP contribution in [0.4, 0.5) is 0 Å². The van der Waals surface area contributed by atoms with Crippen LogP contribution in [0, 0.1) is 5.92 Å². The van der Waals surface area contributed by atoms with Gasteiger partial charge in [0.1, 0.15) is 0 Å². The fraction of sp³-hybridized carbons (Fsp3) is 0.611. The molecule has 1 heterocycles. The van der Waals surface area contributed by atoms with Crippen LogP contribution in [0.2, 0.25) is 0 Å². The zero-order valence-electron chi connectivity index (χ0n) is 13.6. The summed E-state index contributed by atoms with van der Waals surface area (Å²) in [5.74, 6) is 1.23. The van der Waals surface area contributed by atoms with Gasteiger partial charge in [0.15, 0.2) is 0 Å². The van der Waals surface area contributed by atoms with Crippen molar-refractivity contribution in [2.75, 3.05) is 25.4 Å². The number of likely N-dealkylation sites (tertiary alicyclic amines) is 1. The smallest absolute Gasteiger partial charge is 0.223 e. The van der Waals surface area contributed by atoms with Gasteiger partial charge in [-0.05, 0) is 37.8 Å². The van der Waals surface area contributed by atoms with Gasteiger partial charge in [-0.3, -0.25) is 9.00 Å². The van der Waals surface area contributed by atoms with Crippen LogP contribution in [0.1, 0.15) is 32.1 Å². The molecule has 0 aromatic heterocycles. The number of benzene rings is 1. The molecule has 1 saturated carbocycles. The second kappa shape index (κ2) is 8.06. The molecule has 1 saturated heterocycles. The van der Waals surface area contributed by atoms with E-state index in [-0.39, 0.29) is 11.8 Å². The number of hydrogen-bond donors (Lipinski definition) is 1. The predicted octanol–water partition coefficient (Wildman–Crippen LogP) is 2.17. The lowest BCUT2D eigenvalue weighted by atomic mass is 9.84. The third kappa shape index (κ3) is 4.64. The summed E-state index contributed by atoms with van der Waals surface area (Å²) in [4.78, 5) is 15.3. The Labute approximate surface area is 141 Å². The predicted molar refractivity (Wildman–Crippen MR) is 92.7 cm³/mol. The molecule has 1 aliphatic heterocycles. The molecule has 1 atom stereocenters. The van der Waals surface area contributed by atoms with Crippen LogP contribution in [-0.2, 0) is 15.6 Å². The zero-order valence-corrected chi connectivity index (χ0v) is 14.4. The first-order chi connectivity index (χ1) is 11.2. The van der Waals surface area contributed by atoms with Crippen molar-refractivity contribution in [1.29, 1.82) is 0 Å². The van der Waals surface area contributed by atoms with Crippen molar-refractivity contribution in [1.82, 2.24) is 10.2 Å². The lowest BCUT2D eigenvalue weighted by Gasteiger charge is -2.34. The fourth-order valence-corrected chi connectivity index (χ4v) is 4.31. The van der Waals surface area contributed by atoms with Crippen LogP contribution in [0.3, 0.4) is 0 Å². The number of nitrogens with one attached hydrogen (secondary N) is 1. The Morgan fingerprint density at radius 1 is 1.13 bits per heavy atom. The van der Waals surface area contributed by atoms with Gasteiger partial charge in [0, 0.05) is 42.2 Å². The van der Waals surface area contributed by atoms with E-state index in [4.69, 9.17) is 0 Å². The van der Waals surface area contributed by atoms with Crippen LogP contribution in [0.15, 0.2) is 35.2 Å². The summed E-state index contributed by atoms with van der Waals surface area (Å²) in [6, 6.07) is 10.0. The van der Waals surface area contributed by atoms with Crippen LogP contribution in [-0.4, -0.2) is 46.4 Å². The van der Waals surface area contributed by atoms with E-state index in [1.165, 1.54) is 6.42 Å². The minimum atomic E-state index is -0.914. The summed E-state index contributed by atoms with van der Waals surface area (Å²) in [5, 5.41) is 3.21. The summed E-state index contributed by atoms with van der Waals surface area (Å²) in [7, 11) is -0.914. The molecule has 23 heavy (non-hydrogen) atoms. The Morgan fingerprint density at radius 2 is 1.83 bits per heavy atom. The maximum Gasteiger partial charge on any atom is 0.223 e. The van der Waals surface area contributed by atoms with Gasteiger partial charge in [-0.1, -0.05) is 24.6 Å². The molecule has 5 heteroatoms. The molecule has 1 aromatic carbocycles. The Hall–Kier alpha value is -1.20. The number of hydrogen-bond acceptors (Lipinski definition) is 3. The molecule has 0 spiro atoms. The van der Waals surface area contributed by atoms with E-state index in [0.29, 0.717) is 11.8 Å². The van der Waals surface area contributed by atoms with Crippen molar-refractivity contribution in [3.63, 3.8) is 0 Å². The fourth-order valence-electron chi connectivity index (χ4n) is 3.19. The summed E-state index contributed by atoms with van der Waals surface area (Å²) < 4.78 is 12.2. The molecule has 2 fully saturated rings. The van der Waals surface area contributed by atoms with Crippen molar-refractivity contribution in [2.45, 2.75) is 43.0 Å². The first-order valence-corrected chi connectivity index (χ1v) is 10.0. The van der Waals surface area contributed by atoms with Gasteiger partial charge in [-0.15, -0.1) is 0 Å². The molecule has 0 radical (unpaired) electrons. The van der Waals surface area contributed by atoms with Crippen molar-refractivity contribution in [3.05, 3.63) is 30.3 Å². The molecular formula is C18H26N2O2S. The number of nitrogens with zero attached hydrogens (tertiary/aromatic N) is 1. The van der Waals surface area contributed by atoms with Gasteiger partial charge in [0.05, 0.1) is 10.8 Å². The Bertz CT molecular complexity index is 537. The molecule has 1 aliphatic carbocycles. The van der Waals surface area contributed by atoms with Crippen LogP contribution >= 0.6 is 0 Å². The quantitative estimate of drug-likeness (QED) is 0.867. The van der Waals surface area contributed by atoms with Crippen molar-refractivity contribution in [3.8, 4) is 0 Å². The van der Waals surface area contributed by atoms with Gasteiger partial charge in [-0.2, -0.15) is 0 Å². The third-order valence-corrected chi connectivity index (χ3v) is 6.36.